The standard InChI is InChI=1S/C22H23FN4OS/c1-12(21(28)26-22-27-25-11-29-22)13-6-14-8-16(9-15(14)7-13)18-4-5-24-20-3-2-17(23)10-19(18)20/h2-5,10-16H,6-9H2,1H3,(H,26,27,28)/t12?,13?,14-,15+,16?. The number of hydrogen-bond donors (Lipinski definition) is 1. The molecule has 5 atom stereocenters. The smallest absolute Gasteiger partial charge is 0.229 e. The second kappa shape index (κ2) is 7.44. The summed E-state index contributed by atoms with van der Waals surface area (Å²) in [5.74, 6) is 1.93. The summed E-state index contributed by atoms with van der Waals surface area (Å²) < 4.78 is 13.8. The molecule has 2 heterocycles. The SMILES string of the molecule is CC(C(=O)Nc1nncs1)C1C[C@H]2CC(c3ccnc4ccc(F)cc34)C[C@H]2C1. The minimum atomic E-state index is -0.208. The fourth-order valence-corrected chi connectivity index (χ4v) is 5.93. The maximum absolute atomic E-state index is 13.8. The van der Waals surface area contributed by atoms with Crippen molar-refractivity contribution >= 4 is 33.3 Å². The lowest BCUT2D eigenvalue weighted by molar-refractivity contribution is -0.120. The van der Waals surface area contributed by atoms with Gasteiger partial charge < -0.3 is 5.32 Å². The molecule has 7 heteroatoms. The fraction of sp³-hybridized carbons (Fsp3) is 0.455. The van der Waals surface area contributed by atoms with Crippen molar-refractivity contribution in [3.63, 3.8) is 0 Å². The number of hydrogen-bond acceptors (Lipinski definition) is 5. The third-order valence-electron chi connectivity index (χ3n) is 6.94. The Morgan fingerprint density at radius 3 is 2.72 bits per heavy atom. The number of halogens is 1. The Morgan fingerprint density at radius 2 is 2.00 bits per heavy atom. The number of fused-ring (bicyclic) bond motifs is 2. The van der Waals surface area contributed by atoms with E-state index in [9.17, 15) is 9.18 Å². The number of benzene rings is 1. The van der Waals surface area contributed by atoms with Crippen LogP contribution in [0.3, 0.4) is 0 Å². The monoisotopic (exact) mass is 410 g/mol. The summed E-state index contributed by atoms with van der Waals surface area (Å²) in [4.78, 5) is 17.0. The first kappa shape index (κ1) is 18.6. The van der Waals surface area contributed by atoms with Crippen LogP contribution < -0.4 is 5.32 Å². The third-order valence-corrected chi connectivity index (χ3v) is 7.55. The number of anilines is 1. The Balaban J connectivity index is 1.27. The molecule has 0 spiro atoms. The van der Waals surface area contributed by atoms with Crippen LogP contribution in [-0.2, 0) is 4.79 Å². The first-order chi connectivity index (χ1) is 14.1. The highest BCUT2D eigenvalue weighted by Crippen LogP contribution is 2.54. The maximum Gasteiger partial charge on any atom is 0.229 e. The molecular formula is C22H23FN4OS. The van der Waals surface area contributed by atoms with Crippen LogP contribution in [0.4, 0.5) is 9.52 Å². The Labute approximate surface area is 172 Å². The lowest BCUT2D eigenvalue weighted by Gasteiger charge is -2.20. The number of carbonyl (C=O) groups is 1. The molecule has 0 bridgehead atoms. The van der Waals surface area contributed by atoms with Gasteiger partial charge in [-0.3, -0.25) is 9.78 Å². The van der Waals surface area contributed by atoms with Crippen LogP contribution in [0.5, 0.6) is 0 Å². The molecular weight excluding hydrogens is 387 g/mol. The molecule has 2 fully saturated rings. The summed E-state index contributed by atoms with van der Waals surface area (Å²) in [5, 5.41) is 12.1. The van der Waals surface area contributed by atoms with E-state index in [0.717, 1.165) is 36.6 Å². The van der Waals surface area contributed by atoms with E-state index in [1.165, 1.54) is 23.0 Å². The predicted molar refractivity (Wildman–Crippen MR) is 111 cm³/mol. The summed E-state index contributed by atoms with van der Waals surface area (Å²) >= 11 is 1.34. The molecule has 2 aliphatic rings. The summed E-state index contributed by atoms with van der Waals surface area (Å²) in [6.07, 6.45) is 6.24. The molecule has 5 nitrogen and oxygen atoms in total. The van der Waals surface area contributed by atoms with Crippen molar-refractivity contribution in [3.05, 3.63) is 47.4 Å². The number of nitrogens with zero attached hydrogens (tertiary/aromatic N) is 3. The van der Waals surface area contributed by atoms with E-state index >= 15 is 0 Å². The zero-order valence-corrected chi connectivity index (χ0v) is 17.0. The van der Waals surface area contributed by atoms with Crippen molar-refractivity contribution in [1.82, 2.24) is 15.2 Å². The van der Waals surface area contributed by atoms with Crippen LogP contribution in [0, 0.1) is 29.5 Å². The highest BCUT2D eigenvalue weighted by atomic mass is 32.1. The van der Waals surface area contributed by atoms with Crippen LogP contribution in [0.25, 0.3) is 10.9 Å². The molecule has 2 saturated carbocycles. The van der Waals surface area contributed by atoms with Gasteiger partial charge in [0.1, 0.15) is 11.3 Å². The molecule has 0 radical (unpaired) electrons. The van der Waals surface area contributed by atoms with E-state index in [0.29, 0.717) is 28.8 Å². The largest absolute Gasteiger partial charge is 0.300 e. The molecule has 150 valence electrons. The van der Waals surface area contributed by atoms with Gasteiger partial charge in [0.05, 0.1) is 5.52 Å². The zero-order valence-electron chi connectivity index (χ0n) is 16.2. The number of pyridine rings is 1. The average Bonchev–Trinajstić information content (AvgIpc) is 3.43. The molecule has 1 N–H and O–H groups in total. The minimum absolute atomic E-state index is 0.0289. The average molecular weight is 411 g/mol. The molecule has 1 aromatic carbocycles. The molecule has 2 aromatic heterocycles. The second-order valence-corrected chi connectivity index (χ2v) is 9.34. The highest BCUT2D eigenvalue weighted by Gasteiger charge is 2.44. The number of carbonyl (C=O) groups excluding carboxylic acids is 1. The van der Waals surface area contributed by atoms with Gasteiger partial charge in [0.25, 0.3) is 0 Å². The van der Waals surface area contributed by atoms with Crippen molar-refractivity contribution in [2.45, 2.75) is 38.5 Å². The fourth-order valence-electron chi connectivity index (χ4n) is 5.48. The van der Waals surface area contributed by atoms with E-state index in [1.54, 1.807) is 17.6 Å². The quantitative estimate of drug-likeness (QED) is 0.656. The van der Waals surface area contributed by atoms with E-state index in [1.807, 2.05) is 13.1 Å². The normalized spacial score (nSPS) is 27.1. The lowest BCUT2D eigenvalue weighted by atomic mass is 9.86. The number of aromatic nitrogens is 3. The number of amides is 1. The van der Waals surface area contributed by atoms with Crippen LogP contribution >= 0.6 is 11.3 Å². The Morgan fingerprint density at radius 1 is 1.21 bits per heavy atom. The Bertz CT molecular complexity index is 1030. The summed E-state index contributed by atoms with van der Waals surface area (Å²) in [7, 11) is 0. The van der Waals surface area contributed by atoms with Gasteiger partial charge in [0, 0.05) is 17.5 Å². The molecule has 2 aliphatic carbocycles. The maximum atomic E-state index is 13.8. The van der Waals surface area contributed by atoms with Gasteiger partial charge in [-0.2, -0.15) is 0 Å². The van der Waals surface area contributed by atoms with Crippen molar-refractivity contribution < 1.29 is 9.18 Å². The van der Waals surface area contributed by atoms with E-state index < -0.39 is 0 Å². The Kier molecular flexibility index (Phi) is 4.78. The lowest BCUT2D eigenvalue weighted by Crippen LogP contribution is -2.26. The third kappa shape index (κ3) is 3.52. The minimum Gasteiger partial charge on any atom is -0.300 e. The van der Waals surface area contributed by atoms with Gasteiger partial charge in [-0.05, 0) is 79.2 Å². The molecule has 3 unspecified atom stereocenters. The molecule has 3 aromatic rings. The summed E-state index contributed by atoms with van der Waals surface area (Å²) in [6, 6.07) is 6.91. The topological polar surface area (TPSA) is 67.8 Å². The highest BCUT2D eigenvalue weighted by molar-refractivity contribution is 7.13. The van der Waals surface area contributed by atoms with E-state index in [2.05, 4.69) is 26.6 Å². The first-order valence-corrected chi connectivity index (χ1v) is 11.1. The number of rotatable bonds is 4. The predicted octanol–water partition coefficient (Wildman–Crippen LogP) is 5.02. The van der Waals surface area contributed by atoms with Gasteiger partial charge in [-0.1, -0.05) is 18.3 Å². The zero-order chi connectivity index (χ0) is 20.0. The first-order valence-electron chi connectivity index (χ1n) is 10.2. The van der Waals surface area contributed by atoms with E-state index in [-0.39, 0.29) is 17.6 Å². The summed E-state index contributed by atoms with van der Waals surface area (Å²) in [5.41, 5.74) is 3.71. The van der Waals surface area contributed by atoms with Gasteiger partial charge in [-0.15, -0.1) is 10.2 Å². The van der Waals surface area contributed by atoms with Crippen molar-refractivity contribution in [2.75, 3.05) is 5.32 Å². The van der Waals surface area contributed by atoms with Gasteiger partial charge >= 0.3 is 0 Å². The van der Waals surface area contributed by atoms with Gasteiger partial charge in [-0.25, -0.2) is 4.39 Å². The van der Waals surface area contributed by atoms with E-state index in [4.69, 9.17) is 0 Å². The van der Waals surface area contributed by atoms with Gasteiger partial charge in [0.15, 0.2) is 0 Å². The second-order valence-electron chi connectivity index (χ2n) is 8.50. The Hall–Kier alpha value is -2.41. The molecule has 0 aliphatic heterocycles. The molecule has 5 rings (SSSR count). The van der Waals surface area contributed by atoms with Crippen LogP contribution in [-0.4, -0.2) is 21.1 Å². The van der Waals surface area contributed by atoms with Crippen molar-refractivity contribution in [1.29, 1.82) is 0 Å². The molecule has 29 heavy (non-hydrogen) atoms. The van der Waals surface area contributed by atoms with Crippen molar-refractivity contribution in [3.8, 4) is 0 Å². The van der Waals surface area contributed by atoms with Crippen LogP contribution in [0.1, 0.15) is 44.1 Å². The number of nitrogens with one attached hydrogen (secondary N) is 1. The molecule has 1 amide bonds. The van der Waals surface area contributed by atoms with Crippen molar-refractivity contribution in [2.24, 2.45) is 23.7 Å². The van der Waals surface area contributed by atoms with Crippen LogP contribution in [0.2, 0.25) is 0 Å². The van der Waals surface area contributed by atoms with Crippen LogP contribution in [0.15, 0.2) is 36.0 Å². The summed E-state index contributed by atoms with van der Waals surface area (Å²) in [6.45, 7) is 2.03. The van der Waals surface area contributed by atoms with Gasteiger partial charge in [0.2, 0.25) is 11.0 Å². The molecule has 0 saturated heterocycles.